The first-order valence-electron chi connectivity index (χ1n) is 6.69. The molecule has 1 heterocycles. The van der Waals surface area contributed by atoms with Gasteiger partial charge in [-0.15, -0.1) is 0 Å². The van der Waals surface area contributed by atoms with Gasteiger partial charge in [0.25, 0.3) is 0 Å². The molecule has 4 heteroatoms. The summed E-state index contributed by atoms with van der Waals surface area (Å²) in [5, 5.41) is 10.9. The third kappa shape index (κ3) is 2.18. The maximum atomic E-state index is 12.0. The average Bonchev–Trinajstić information content (AvgIpc) is 3.11. The third-order valence-electron chi connectivity index (χ3n) is 3.52. The van der Waals surface area contributed by atoms with Crippen LogP contribution in [-0.4, -0.2) is 22.2 Å². The molecule has 0 atom stereocenters. The van der Waals surface area contributed by atoms with Crippen LogP contribution in [0.25, 0.3) is 10.9 Å². The molecule has 1 aromatic heterocycles. The van der Waals surface area contributed by atoms with E-state index in [9.17, 15) is 9.90 Å². The highest BCUT2D eigenvalue weighted by Gasteiger charge is 2.26. The van der Waals surface area contributed by atoms with Gasteiger partial charge in [-0.3, -0.25) is 0 Å². The molecule has 0 amide bonds. The van der Waals surface area contributed by atoms with Gasteiger partial charge in [0.2, 0.25) is 0 Å². The van der Waals surface area contributed by atoms with E-state index < -0.39 is 0 Å². The zero-order chi connectivity index (χ0) is 13.4. The molecular formula is C15H17NO3. The molecule has 1 saturated carbocycles. The van der Waals surface area contributed by atoms with E-state index in [4.69, 9.17) is 4.74 Å². The van der Waals surface area contributed by atoms with Crippen molar-refractivity contribution in [1.29, 1.82) is 0 Å². The number of nitrogens with zero attached hydrogens (tertiary/aromatic N) is 1. The van der Waals surface area contributed by atoms with Crippen LogP contribution in [0.4, 0.5) is 0 Å². The predicted octanol–water partition coefficient (Wildman–Crippen LogP) is 2.93. The average molecular weight is 259 g/mol. The number of para-hydroxylation sites is 1. The van der Waals surface area contributed by atoms with Crippen molar-refractivity contribution in [2.75, 3.05) is 6.61 Å². The zero-order valence-corrected chi connectivity index (χ0v) is 10.9. The molecule has 1 fully saturated rings. The van der Waals surface area contributed by atoms with Crippen LogP contribution >= 0.6 is 0 Å². The fourth-order valence-electron chi connectivity index (χ4n) is 2.43. The fourth-order valence-corrected chi connectivity index (χ4v) is 2.43. The van der Waals surface area contributed by atoms with Crippen molar-refractivity contribution in [3.8, 4) is 5.75 Å². The largest absolute Gasteiger partial charge is 0.506 e. The first-order chi connectivity index (χ1) is 9.20. The Morgan fingerprint density at radius 2 is 2.26 bits per heavy atom. The summed E-state index contributed by atoms with van der Waals surface area (Å²) in [4.78, 5) is 12.0. The number of carbonyl (C=O) groups is 1. The number of hydrogen-bond acceptors (Lipinski definition) is 3. The smallest absolute Gasteiger partial charge is 0.354 e. The fraction of sp³-hybridized carbons (Fsp3) is 0.400. The quantitative estimate of drug-likeness (QED) is 0.859. The van der Waals surface area contributed by atoms with Crippen molar-refractivity contribution in [2.24, 2.45) is 5.92 Å². The van der Waals surface area contributed by atoms with Gasteiger partial charge in [-0.2, -0.15) is 0 Å². The second kappa shape index (κ2) is 4.61. The van der Waals surface area contributed by atoms with E-state index in [2.05, 4.69) is 0 Å². The van der Waals surface area contributed by atoms with Crippen molar-refractivity contribution < 1.29 is 14.6 Å². The van der Waals surface area contributed by atoms with Crippen molar-refractivity contribution in [3.63, 3.8) is 0 Å². The molecule has 1 aliphatic rings. The van der Waals surface area contributed by atoms with Gasteiger partial charge in [0.05, 0.1) is 12.1 Å². The van der Waals surface area contributed by atoms with Crippen molar-refractivity contribution in [3.05, 3.63) is 30.0 Å². The third-order valence-corrected chi connectivity index (χ3v) is 3.52. The van der Waals surface area contributed by atoms with Crippen LogP contribution in [-0.2, 0) is 11.3 Å². The highest BCUT2D eigenvalue weighted by atomic mass is 16.5. The summed E-state index contributed by atoms with van der Waals surface area (Å²) in [7, 11) is 0. The van der Waals surface area contributed by atoms with Gasteiger partial charge in [0, 0.05) is 11.9 Å². The summed E-state index contributed by atoms with van der Waals surface area (Å²) in [5.41, 5.74) is 1.27. The number of phenolic OH excluding ortho intramolecular Hbond substituents is 1. The maximum Gasteiger partial charge on any atom is 0.354 e. The van der Waals surface area contributed by atoms with Crippen LogP contribution in [0.3, 0.4) is 0 Å². The Kier molecular flexibility index (Phi) is 2.93. The van der Waals surface area contributed by atoms with Crippen molar-refractivity contribution in [2.45, 2.75) is 26.3 Å². The number of aromatic hydroxyl groups is 1. The minimum atomic E-state index is -0.321. The lowest BCUT2D eigenvalue weighted by Gasteiger charge is -2.10. The van der Waals surface area contributed by atoms with Gasteiger partial charge >= 0.3 is 5.97 Å². The van der Waals surface area contributed by atoms with E-state index in [1.807, 2.05) is 10.6 Å². The Bertz CT molecular complexity index is 626. The van der Waals surface area contributed by atoms with Crippen LogP contribution < -0.4 is 0 Å². The van der Waals surface area contributed by atoms with E-state index in [-0.39, 0.29) is 11.7 Å². The normalized spacial score (nSPS) is 14.8. The number of rotatable bonds is 4. The zero-order valence-electron chi connectivity index (χ0n) is 10.9. The minimum Gasteiger partial charge on any atom is -0.506 e. The number of esters is 1. The van der Waals surface area contributed by atoms with Gasteiger partial charge in [0.15, 0.2) is 0 Å². The molecular weight excluding hydrogens is 242 g/mol. The van der Waals surface area contributed by atoms with Crippen LogP contribution in [0.1, 0.15) is 30.3 Å². The minimum absolute atomic E-state index is 0.216. The molecule has 19 heavy (non-hydrogen) atoms. The predicted molar refractivity (Wildman–Crippen MR) is 72.3 cm³/mol. The molecule has 2 aromatic rings. The monoisotopic (exact) mass is 259 g/mol. The SMILES string of the molecule is CCOC(=O)c1cc2cccc(O)c2n1CC1CC1. The number of benzene rings is 1. The van der Waals surface area contributed by atoms with E-state index in [1.165, 1.54) is 12.8 Å². The van der Waals surface area contributed by atoms with E-state index in [0.717, 1.165) is 17.4 Å². The van der Waals surface area contributed by atoms with Gasteiger partial charge in [-0.1, -0.05) is 12.1 Å². The Balaban J connectivity index is 2.13. The van der Waals surface area contributed by atoms with Crippen LogP contribution in [0.5, 0.6) is 5.75 Å². The van der Waals surface area contributed by atoms with Gasteiger partial charge in [0.1, 0.15) is 11.4 Å². The van der Waals surface area contributed by atoms with Crippen molar-refractivity contribution in [1.82, 2.24) is 4.57 Å². The number of ether oxygens (including phenoxy) is 1. The molecule has 0 spiro atoms. The maximum absolute atomic E-state index is 12.0. The van der Waals surface area contributed by atoms with Crippen LogP contribution in [0.2, 0.25) is 0 Å². The molecule has 0 aliphatic heterocycles. The first-order valence-corrected chi connectivity index (χ1v) is 6.69. The standard InChI is InChI=1S/C15H17NO3/c1-2-19-15(18)12-8-11-4-3-5-13(17)14(11)16(12)9-10-6-7-10/h3-5,8,10,17H,2,6-7,9H2,1H3. The summed E-state index contributed by atoms with van der Waals surface area (Å²) in [6, 6.07) is 7.14. The highest BCUT2D eigenvalue weighted by molar-refractivity contribution is 5.97. The second-order valence-corrected chi connectivity index (χ2v) is 5.02. The number of carbonyl (C=O) groups excluding carboxylic acids is 1. The molecule has 0 unspecified atom stereocenters. The van der Waals surface area contributed by atoms with Crippen LogP contribution in [0, 0.1) is 5.92 Å². The van der Waals surface area contributed by atoms with E-state index in [0.29, 0.717) is 18.2 Å². The highest BCUT2D eigenvalue weighted by Crippen LogP contribution is 2.35. The van der Waals surface area contributed by atoms with E-state index in [1.54, 1.807) is 25.1 Å². The molecule has 0 radical (unpaired) electrons. The summed E-state index contributed by atoms with van der Waals surface area (Å²) < 4.78 is 7.00. The molecule has 1 N–H and O–H groups in total. The van der Waals surface area contributed by atoms with Crippen LogP contribution in [0.15, 0.2) is 24.3 Å². The Labute approximate surface area is 111 Å². The van der Waals surface area contributed by atoms with Gasteiger partial charge in [-0.25, -0.2) is 4.79 Å². The Hall–Kier alpha value is -1.97. The lowest BCUT2D eigenvalue weighted by molar-refractivity contribution is 0.0514. The lowest BCUT2D eigenvalue weighted by atomic mass is 10.2. The van der Waals surface area contributed by atoms with Crippen molar-refractivity contribution >= 4 is 16.9 Å². The lowest BCUT2D eigenvalue weighted by Crippen LogP contribution is -2.13. The first kappa shape index (κ1) is 12.1. The second-order valence-electron chi connectivity index (χ2n) is 5.02. The summed E-state index contributed by atoms with van der Waals surface area (Å²) in [5.74, 6) is 0.510. The molecule has 1 aliphatic carbocycles. The molecule has 100 valence electrons. The van der Waals surface area contributed by atoms with E-state index >= 15 is 0 Å². The number of hydrogen-bond donors (Lipinski definition) is 1. The topological polar surface area (TPSA) is 51.5 Å². The summed E-state index contributed by atoms with van der Waals surface area (Å²) in [6.45, 7) is 2.92. The molecule has 0 bridgehead atoms. The van der Waals surface area contributed by atoms with Gasteiger partial charge < -0.3 is 14.4 Å². The number of aromatic nitrogens is 1. The summed E-state index contributed by atoms with van der Waals surface area (Å²) >= 11 is 0. The van der Waals surface area contributed by atoms with Gasteiger partial charge in [-0.05, 0) is 37.8 Å². The molecule has 3 rings (SSSR count). The Morgan fingerprint density at radius 3 is 2.95 bits per heavy atom. The number of phenols is 1. The number of fused-ring (bicyclic) bond motifs is 1. The molecule has 4 nitrogen and oxygen atoms in total. The Morgan fingerprint density at radius 1 is 1.47 bits per heavy atom. The molecule has 0 saturated heterocycles. The summed E-state index contributed by atoms with van der Waals surface area (Å²) in [6.07, 6.45) is 2.38. The molecule has 1 aromatic carbocycles.